The second-order valence-electron chi connectivity index (χ2n) is 6.15. The van der Waals surface area contributed by atoms with E-state index in [0.29, 0.717) is 22.7 Å². The molecule has 4 nitrogen and oxygen atoms in total. The Morgan fingerprint density at radius 2 is 1.93 bits per heavy atom. The van der Waals surface area contributed by atoms with Crippen molar-refractivity contribution in [3.63, 3.8) is 0 Å². The van der Waals surface area contributed by atoms with Crippen LogP contribution >= 0.6 is 34.7 Å². The van der Waals surface area contributed by atoms with Gasteiger partial charge in [0.25, 0.3) is 5.91 Å². The number of rotatable bonds is 4. The Labute approximate surface area is 175 Å². The van der Waals surface area contributed by atoms with Gasteiger partial charge < -0.3 is 10.1 Å². The van der Waals surface area contributed by atoms with Crippen molar-refractivity contribution in [1.29, 1.82) is 0 Å². The van der Waals surface area contributed by atoms with Crippen LogP contribution in [-0.2, 0) is 10.5 Å². The molecule has 3 aromatic rings. The molecule has 28 heavy (non-hydrogen) atoms. The van der Waals surface area contributed by atoms with Crippen molar-refractivity contribution in [2.24, 2.45) is 0 Å². The van der Waals surface area contributed by atoms with Gasteiger partial charge >= 0.3 is 5.97 Å². The second kappa shape index (κ2) is 7.99. The molecule has 0 unspecified atom stereocenters. The minimum Gasteiger partial charge on any atom is -0.462 e. The summed E-state index contributed by atoms with van der Waals surface area (Å²) in [6.45, 7) is 2.09. The Bertz CT molecular complexity index is 1060. The topological polar surface area (TPSA) is 55.4 Å². The Balaban J connectivity index is 1.52. The number of carbonyl (C=O) groups is 2. The fourth-order valence-electron chi connectivity index (χ4n) is 2.93. The summed E-state index contributed by atoms with van der Waals surface area (Å²) in [5.41, 5.74) is 3.37. The van der Waals surface area contributed by atoms with Gasteiger partial charge in [0, 0.05) is 31.8 Å². The van der Waals surface area contributed by atoms with Gasteiger partial charge in [-0.05, 0) is 55.0 Å². The average molecular weight is 430 g/mol. The standard InChI is InChI=1S/C21H16ClNO3S2/c1-2-26-21(25)12-3-6-15(7-4-12)23-20(24)18-9-13-11-27-17-10-14(22)5-8-16(17)19(13)28-18/h3-10H,2,11H2,1H3,(H,23,24). The third-order valence-corrected chi connectivity index (χ3v) is 6.81. The third-order valence-electron chi connectivity index (χ3n) is 4.26. The maximum atomic E-state index is 12.7. The molecule has 1 aliphatic heterocycles. The van der Waals surface area contributed by atoms with E-state index in [1.54, 1.807) is 43.0 Å². The number of amides is 1. The van der Waals surface area contributed by atoms with Crippen LogP contribution in [0.1, 0.15) is 32.5 Å². The van der Waals surface area contributed by atoms with Crippen LogP contribution in [0.5, 0.6) is 0 Å². The van der Waals surface area contributed by atoms with Crippen LogP contribution in [0.2, 0.25) is 5.02 Å². The van der Waals surface area contributed by atoms with Gasteiger partial charge in [-0.2, -0.15) is 0 Å². The number of esters is 1. The zero-order chi connectivity index (χ0) is 19.7. The summed E-state index contributed by atoms with van der Waals surface area (Å²) in [6.07, 6.45) is 0. The Morgan fingerprint density at radius 1 is 1.14 bits per heavy atom. The van der Waals surface area contributed by atoms with E-state index in [1.807, 2.05) is 24.3 Å². The first-order valence-corrected chi connectivity index (χ1v) is 10.9. The van der Waals surface area contributed by atoms with Gasteiger partial charge in [0.05, 0.1) is 17.0 Å². The van der Waals surface area contributed by atoms with Crippen molar-refractivity contribution in [3.05, 3.63) is 69.6 Å². The van der Waals surface area contributed by atoms with Crippen molar-refractivity contribution in [2.75, 3.05) is 11.9 Å². The van der Waals surface area contributed by atoms with Gasteiger partial charge in [-0.1, -0.05) is 17.7 Å². The highest BCUT2D eigenvalue weighted by atomic mass is 35.5. The molecule has 7 heteroatoms. The fourth-order valence-corrected chi connectivity index (χ4v) is 5.51. The highest BCUT2D eigenvalue weighted by Gasteiger charge is 2.22. The van der Waals surface area contributed by atoms with Crippen LogP contribution in [0.15, 0.2) is 53.4 Å². The van der Waals surface area contributed by atoms with E-state index in [0.717, 1.165) is 31.7 Å². The monoisotopic (exact) mass is 429 g/mol. The summed E-state index contributed by atoms with van der Waals surface area (Å²) in [5.74, 6) is 0.284. The van der Waals surface area contributed by atoms with Gasteiger partial charge in [0.15, 0.2) is 0 Å². The summed E-state index contributed by atoms with van der Waals surface area (Å²) >= 11 is 9.31. The van der Waals surface area contributed by atoms with Gasteiger partial charge in [-0.25, -0.2) is 4.79 Å². The lowest BCUT2D eigenvalue weighted by atomic mass is 10.1. The number of hydrogen-bond acceptors (Lipinski definition) is 5. The van der Waals surface area contributed by atoms with E-state index in [2.05, 4.69) is 5.32 Å². The average Bonchev–Trinajstić information content (AvgIpc) is 3.13. The SMILES string of the molecule is CCOC(=O)c1ccc(NC(=O)c2cc3c(s2)-c2ccc(Cl)cc2SC3)cc1. The van der Waals surface area contributed by atoms with Crippen LogP contribution in [0.3, 0.4) is 0 Å². The van der Waals surface area contributed by atoms with Gasteiger partial charge in [0.1, 0.15) is 0 Å². The largest absolute Gasteiger partial charge is 0.462 e. The minimum atomic E-state index is -0.373. The van der Waals surface area contributed by atoms with E-state index in [9.17, 15) is 9.59 Å². The summed E-state index contributed by atoms with van der Waals surface area (Å²) < 4.78 is 4.97. The van der Waals surface area contributed by atoms with Crippen LogP contribution in [0.25, 0.3) is 10.4 Å². The zero-order valence-corrected chi connectivity index (χ0v) is 17.3. The summed E-state index contributed by atoms with van der Waals surface area (Å²) in [5, 5.41) is 3.61. The third kappa shape index (κ3) is 3.81. The van der Waals surface area contributed by atoms with Gasteiger partial charge in [-0.3, -0.25) is 4.79 Å². The normalized spacial score (nSPS) is 12.1. The molecule has 0 fully saturated rings. The number of thioether (sulfide) groups is 1. The number of hydrogen-bond donors (Lipinski definition) is 1. The smallest absolute Gasteiger partial charge is 0.338 e. The summed E-state index contributed by atoms with van der Waals surface area (Å²) in [6, 6.07) is 14.5. The summed E-state index contributed by atoms with van der Waals surface area (Å²) in [7, 11) is 0. The lowest BCUT2D eigenvalue weighted by Gasteiger charge is -2.15. The lowest BCUT2D eigenvalue weighted by Crippen LogP contribution is -2.10. The van der Waals surface area contributed by atoms with Crippen molar-refractivity contribution >= 4 is 52.3 Å². The fraction of sp³-hybridized carbons (Fsp3) is 0.143. The minimum absolute atomic E-state index is 0.163. The van der Waals surface area contributed by atoms with Crippen molar-refractivity contribution in [2.45, 2.75) is 17.6 Å². The first-order valence-electron chi connectivity index (χ1n) is 8.69. The quantitative estimate of drug-likeness (QED) is 0.509. The van der Waals surface area contributed by atoms with Crippen molar-refractivity contribution < 1.29 is 14.3 Å². The highest BCUT2D eigenvalue weighted by molar-refractivity contribution is 7.98. The van der Waals surface area contributed by atoms with Crippen LogP contribution in [-0.4, -0.2) is 18.5 Å². The number of carbonyl (C=O) groups excluding carboxylic acids is 2. The molecular weight excluding hydrogens is 414 g/mol. The zero-order valence-electron chi connectivity index (χ0n) is 15.0. The number of halogens is 1. The molecule has 0 saturated carbocycles. The molecule has 0 atom stereocenters. The number of thiophene rings is 1. The number of anilines is 1. The molecule has 0 spiro atoms. The molecule has 142 valence electrons. The molecule has 0 aliphatic carbocycles. The number of ether oxygens (including phenoxy) is 1. The molecular formula is C21H16ClNO3S2. The summed E-state index contributed by atoms with van der Waals surface area (Å²) in [4.78, 5) is 27.3. The van der Waals surface area contributed by atoms with Crippen LogP contribution < -0.4 is 5.32 Å². The van der Waals surface area contributed by atoms with Gasteiger partial charge in [-0.15, -0.1) is 23.1 Å². The van der Waals surface area contributed by atoms with Gasteiger partial charge in [0.2, 0.25) is 0 Å². The maximum Gasteiger partial charge on any atom is 0.338 e. The molecule has 1 aromatic heterocycles. The van der Waals surface area contributed by atoms with Crippen LogP contribution in [0.4, 0.5) is 5.69 Å². The van der Waals surface area contributed by atoms with E-state index in [-0.39, 0.29) is 11.9 Å². The molecule has 1 amide bonds. The molecule has 0 saturated heterocycles. The Morgan fingerprint density at radius 3 is 2.68 bits per heavy atom. The number of nitrogens with one attached hydrogen (secondary N) is 1. The highest BCUT2D eigenvalue weighted by Crippen LogP contribution is 2.46. The van der Waals surface area contributed by atoms with E-state index < -0.39 is 0 Å². The molecule has 2 aromatic carbocycles. The second-order valence-corrected chi connectivity index (χ2v) is 8.65. The first-order chi connectivity index (χ1) is 13.5. The molecule has 4 rings (SSSR count). The first kappa shape index (κ1) is 19.1. The van der Waals surface area contributed by atoms with E-state index in [1.165, 1.54) is 11.3 Å². The number of fused-ring (bicyclic) bond motifs is 3. The van der Waals surface area contributed by atoms with Crippen molar-refractivity contribution in [1.82, 2.24) is 0 Å². The lowest BCUT2D eigenvalue weighted by molar-refractivity contribution is 0.0526. The molecule has 0 radical (unpaired) electrons. The molecule has 1 N–H and O–H groups in total. The predicted molar refractivity (Wildman–Crippen MR) is 115 cm³/mol. The molecule has 2 heterocycles. The number of benzene rings is 2. The Kier molecular flexibility index (Phi) is 5.44. The van der Waals surface area contributed by atoms with E-state index >= 15 is 0 Å². The van der Waals surface area contributed by atoms with Crippen molar-refractivity contribution in [3.8, 4) is 10.4 Å². The predicted octanol–water partition coefficient (Wildman–Crippen LogP) is 6.10. The van der Waals surface area contributed by atoms with E-state index in [4.69, 9.17) is 16.3 Å². The van der Waals surface area contributed by atoms with Crippen LogP contribution in [0, 0.1) is 0 Å². The Hall–Kier alpha value is -2.28. The maximum absolute atomic E-state index is 12.7. The molecule has 0 bridgehead atoms. The molecule has 1 aliphatic rings.